The molecule has 0 N–H and O–H groups in total. The van der Waals surface area contributed by atoms with Crippen molar-refractivity contribution in [2.24, 2.45) is 0 Å². The molecule has 0 aliphatic carbocycles. The van der Waals surface area contributed by atoms with Crippen LogP contribution < -0.4 is 0 Å². The van der Waals surface area contributed by atoms with Crippen molar-refractivity contribution in [2.75, 3.05) is 13.2 Å². The average Bonchev–Trinajstić information content (AvgIpc) is 2.53. The number of ether oxygens (including phenoxy) is 2. The first kappa shape index (κ1) is 9.19. The van der Waals surface area contributed by atoms with Crippen molar-refractivity contribution in [3.63, 3.8) is 0 Å². The molecule has 1 aliphatic heterocycles. The van der Waals surface area contributed by atoms with Gasteiger partial charge < -0.3 is 9.47 Å². The Morgan fingerprint density at radius 1 is 1.23 bits per heavy atom. The van der Waals surface area contributed by atoms with Gasteiger partial charge in [-0.2, -0.15) is 0 Å². The highest BCUT2D eigenvalue weighted by molar-refractivity contribution is 9.10. The zero-order chi connectivity index (χ0) is 9.26. The molecule has 1 aromatic rings. The summed E-state index contributed by atoms with van der Waals surface area (Å²) in [5, 5.41) is 0. The molecule has 1 heterocycles. The second kappa shape index (κ2) is 3.78. The zero-order valence-electron chi connectivity index (χ0n) is 7.42. The largest absolute Gasteiger partial charge is 0.346 e. The van der Waals surface area contributed by atoms with E-state index in [2.05, 4.69) is 35.0 Å². The van der Waals surface area contributed by atoms with Gasteiger partial charge in [0.05, 0.1) is 13.2 Å². The van der Waals surface area contributed by atoms with Crippen LogP contribution in [-0.4, -0.2) is 13.2 Å². The number of aryl methyl sites for hydroxylation is 1. The molecular formula is C10H11BrO2. The van der Waals surface area contributed by atoms with Gasteiger partial charge in [-0.15, -0.1) is 0 Å². The van der Waals surface area contributed by atoms with Crippen molar-refractivity contribution in [1.82, 2.24) is 0 Å². The van der Waals surface area contributed by atoms with Crippen molar-refractivity contribution >= 4 is 15.9 Å². The number of benzene rings is 1. The van der Waals surface area contributed by atoms with Gasteiger partial charge in [0.15, 0.2) is 6.29 Å². The lowest BCUT2D eigenvalue weighted by molar-refractivity contribution is -0.0441. The molecule has 0 spiro atoms. The van der Waals surface area contributed by atoms with Crippen molar-refractivity contribution in [3.05, 3.63) is 33.8 Å². The van der Waals surface area contributed by atoms with Crippen LogP contribution in [0.5, 0.6) is 0 Å². The van der Waals surface area contributed by atoms with E-state index in [0.29, 0.717) is 13.2 Å². The fraction of sp³-hybridized carbons (Fsp3) is 0.400. The van der Waals surface area contributed by atoms with Gasteiger partial charge in [-0.1, -0.05) is 22.0 Å². The molecule has 0 saturated carbocycles. The van der Waals surface area contributed by atoms with E-state index in [0.717, 1.165) is 10.0 Å². The van der Waals surface area contributed by atoms with E-state index in [1.165, 1.54) is 5.56 Å². The van der Waals surface area contributed by atoms with Crippen molar-refractivity contribution < 1.29 is 9.47 Å². The molecule has 0 unspecified atom stereocenters. The number of rotatable bonds is 1. The van der Waals surface area contributed by atoms with E-state index < -0.39 is 0 Å². The third kappa shape index (κ3) is 2.10. The van der Waals surface area contributed by atoms with Crippen LogP contribution in [0.15, 0.2) is 22.7 Å². The SMILES string of the molecule is Cc1cc(Br)cc(C2OCCO2)c1. The van der Waals surface area contributed by atoms with Crippen LogP contribution in [0.2, 0.25) is 0 Å². The second-order valence-electron chi connectivity index (χ2n) is 3.14. The third-order valence-corrected chi connectivity index (χ3v) is 2.42. The summed E-state index contributed by atoms with van der Waals surface area (Å²) in [6.45, 7) is 3.44. The first-order valence-electron chi connectivity index (χ1n) is 4.26. The smallest absolute Gasteiger partial charge is 0.184 e. The maximum Gasteiger partial charge on any atom is 0.184 e. The van der Waals surface area contributed by atoms with Gasteiger partial charge in [0.25, 0.3) is 0 Å². The van der Waals surface area contributed by atoms with Gasteiger partial charge in [0.2, 0.25) is 0 Å². The Balaban J connectivity index is 2.28. The standard InChI is InChI=1S/C10H11BrO2/c1-7-4-8(6-9(11)5-7)10-12-2-3-13-10/h4-6,10H,2-3H2,1H3. The lowest BCUT2D eigenvalue weighted by Crippen LogP contribution is -1.98. The molecule has 1 fully saturated rings. The summed E-state index contributed by atoms with van der Waals surface area (Å²) in [4.78, 5) is 0. The number of hydrogen-bond acceptors (Lipinski definition) is 2. The molecule has 70 valence electrons. The lowest BCUT2D eigenvalue weighted by Gasteiger charge is -2.10. The summed E-state index contributed by atoms with van der Waals surface area (Å²) >= 11 is 3.45. The van der Waals surface area contributed by atoms with E-state index in [4.69, 9.17) is 9.47 Å². The third-order valence-electron chi connectivity index (χ3n) is 1.96. The normalized spacial score (nSPS) is 18.0. The van der Waals surface area contributed by atoms with E-state index in [9.17, 15) is 0 Å². The Kier molecular flexibility index (Phi) is 2.67. The molecule has 2 nitrogen and oxygen atoms in total. The van der Waals surface area contributed by atoms with Crippen molar-refractivity contribution in [1.29, 1.82) is 0 Å². The molecule has 0 aromatic heterocycles. The monoisotopic (exact) mass is 242 g/mol. The fourth-order valence-electron chi connectivity index (χ4n) is 1.45. The van der Waals surface area contributed by atoms with Gasteiger partial charge in [-0.05, 0) is 24.6 Å². The second-order valence-corrected chi connectivity index (χ2v) is 4.05. The van der Waals surface area contributed by atoms with Crippen LogP contribution in [0.1, 0.15) is 17.4 Å². The predicted molar refractivity (Wildman–Crippen MR) is 53.5 cm³/mol. The Morgan fingerprint density at radius 3 is 2.54 bits per heavy atom. The van der Waals surface area contributed by atoms with Crippen LogP contribution >= 0.6 is 15.9 Å². The Morgan fingerprint density at radius 2 is 1.92 bits per heavy atom. The summed E-state index contributed by atoms with van der Waals surface area (Å²) in [7, 11) is 0. The van der Waals surface area contributed by atoms with Gasteiger partial charge in [0, 0.05) is 10.0 Å². The van der Waals surface area contributed by atoms with Crippen LogP contribution in [0.4, 0.5) is 0 Å². The highest BCUT2D eigenvalue weighted by Gasteiger charge is 2.18. The highest BCUT2D eigenvalue weighted by atomic mass is 79.9. The molecule has 0 radical (unpaired) electrons. The average molecular weight is 243 g/mol. The van der Waals surface area contributed by atoms with Crippen molar-refractivity contribution in [3.8, 4) is 0 Å². The first-order valence-corrected chi connectivity index (χ1v) is 5.05. The molecule has 13 heavy (non-hydrogen) atoms. The van der Waals surface area contributed by atoms with Crippen LogP contribution in [-0.2, 0) is 9.47 Å². The Labute approximate surface area is 86.0 Å². The maximum atomic E-state index is 5.41. The summed E-state index contributed by atoms with van der Waals surface area (Å²) < 4.78 is 11.9. The van der Waals surface area contributed by atoms with Crippen LogP contribution in [0.3, 0.4) is 0 Å². The van der Waals surface area contributed by atoms with Gasteiger partial charge in [-0.25, -0.2) is 0 Å². The lowest BCUT2D eigenvalue weighted by atomic mass is 10.1. The molecule has 1 saturated heterocycles. The highest BCUT2D eigenvalue weighted by Crippen LogP contribution is 2.26. The molecule has 0 amide bonds. The minimum atomic E-state index is -0.170. The molecule has 1 aliphatic rings. The quantitative estimate of drug-likeness (QED) is 0.755. The van der Waals surface area contributed by atoms with Crippen molar-refractivity contribution in [2.45, 2.75) is 13.2 Å². The molecule has 3 heteroatoms. The first-order chi connectivity index (χ1) is 6.25. The summed E-state index contributed by atoms with van der Waals surface area (Å²) in [5.74, 6) is 0. The minimum Gasteiger partial charge on any atom is -0.346 e. The summed E-state index contributed by atoms with van der Waals surface area (Å²) in [6, 6.07) is 6.18. The molecule has 0 bridgehead atoms. The maximum absolute atomic E-state index is 5.41. The van der Waals surface area contributed by atoms with E-state index in [-0.39, 0.29) is 6.29 Å². The Bertz CT molecular complexity index is 286. The summed E-state index contributed by atoms with van der Waals surface area (Å²) in [6.07, 6.45) is -0.170. The van der Waals surface area contributed by atoms with Crippen LogP contribution in [0.25, 0.3) is 0 Å². The topological polar surface area (TPSA) is 18.5 Å². The van der Waals surface area contributed by atoms with E-state index >= 15 is 0 Å². The molecule has 2 rings (SSSR count). The fourth-order valence-corrected chi connectivity index (χ4v) is 2.08. The Hall–Kier alpha value is -0.380. The van der Waals surface area contributed by atoms with Gasteiger partial charge in [-0.3, -0.25) is 0 Å². The molecule has 0 atom stereocenters. The molecular weight excluding hydrogens is 232 g/mol. The molecule has 1 aromatic carbocycles. The number of hydrogen-bond donors (Lipinski definition) is 0. The van der Waals surface area contributed by atoms with Crippen LogP contribution in [0, 0.1) is 6.92 Å². The van der Waals surface area contributed by atoms with Gasteiger partial charge >= 0.3 is 0 Å². The predicted octanol–water partition coefficient (Wildman–Crippen LogP) is 2.80. The van der Waals surface area contributed by atoms with Gasteiger partial charge in [0.1, 0.15) is 0 Å². The van der Waals surface area contributed by atoms with E-state index in [1.807, 2.05) is 6.07 Å². The minimum absolute atomic E-state index is 0.170. The zero-order valence-corrected chi connectivity index (χ0v) is 9.00. The van der Waals surface area contributed by atoms with E-state index in [1.54, 1.807) is 0 Å². The number of halogens is 1. The summed E-state index contributed by atoms with van der Waals surface area (Å²) in [5.41, 5.74) is 2.30.